The van der Waals surface area contributed by atoms with E-state index in [0.717, 1.165) is 9.13 Å². The second-order valence-corrected chi connectivity index (χ2v) is 6.83. The minimum absolute atomic E-state index is 0.168. The number of carbonyl (C=O) groups excluding carboxylic acids is 2. The van der Waals surface area contributed by atoms with E-state index in [2.05, 4.69) is 27.6 Å². The van der Waals surface area contributed by atoms with Gasteiger partial charge >= 0.3 is 11.9 Å². The Kier molecular flexibility index (Phi) is 5.90. The van der Waals surface area contributed by atoms with Gasteiger partial charge in [-0.05, 0) is 64.6 Å². The van der Waals surface area contributed by atoms with E-state index >= 15 is 0 Å². The Labute approximate surface area is 170 Å². The fourth-order valence-corrected chi connectivity index (χ4v) is 2.91. The van der Waals surface area contributed by atoms with Crippen LogP contribution >= 0.6 is 22.6 Å². The average Bonchev–Trinajstić information content (AvgIpc) is 3.02. The van der Waals surface area contributed by atoms with Gasteiger partial charge in [-0.2, -0.15) is 0 Å². The molecule has 0 bridgehead atoms. The van der Waals surface area contributed by atoms with Crippen molar-refractivity contribution in [2.75, 3.05) is 7.11 Å². The van der Waals surface area contributed by atoms with E-state index in [4.69, 9.17) is 14.2 Å². The van der Waals surface area contributed by atoms with Crippen LogP contribution in [0, 0.1) is 3.57 Å². The van der Waals surface area contributed by atoms with Crippen LogP contribution in [0.4, 0.5) is 0 Å². The Balaban J connectivity index is 1.92. The molecule has 0 fully saturated rings. The SMILES string of the molecule is CCC(=O)Oc1cc(/C=C2\N=C(c3cccc(I)c3)OC2=O)ccc1OC. The van der Waals surface area contributed by atoms with Crippen molar-refractivity contribution in [1.82, 2.24) is 0 Å². The molecular weight excluding hydrogens is 461 g/mol. The lowest BCUT2D eigenvalue weighted by atomic mass is 10.1. The Morgan fingerprint density at radius 2 is 2.04 bits per heavy atom. The quantitative estimate of drug-likeness (QED) is 0.282. The van der Waals surface area contributed by atoms with Crippen molar-refractivity contribution >= 4 is 46.5 Å². The van der Waals surface area contributed by atoms with Gasteiger partial charge in [-0.3, -0.25) is 4.79 Å². The van der Waals surface area contributed by atoms with Crippen molar-refractivity contribution in [3.05, 3.63) is 62.9 Å². The van der Waals surface area contributed by atoms with E-state index in [1.165, 1.54) is 7.11 Å². The average molecular weight is 477 g/mol. The fraction of sp³-hybridized carbons (Fsp3) is 0.150. The maximum atomic E-state index is 12.2. The number of cyclic esters (lactones) is 1. The highest BCUT2D eigenvalue weighted by Crippen LogP contribution is 2.30. The molecule has 2 aromatic rings. The summed E-state index contributed by atoms with van der Waals surface area (Å²) < 4.78 is 16.8. The first kappa shape index (κ1) is 19.1. The van der Waals surface area contributed by atoms with Crippen LogP contribution < -0.4 is 9.47 Å². The van der Waals surface area contributed by atoms with Crippen LogP contribution in [0.5, 0.6) is 11.5 Å². The van der Waals surface area contributed by atoms with Crippen molar-refractivity contribution in [3.8, 4) is 11.5 Å². The van der Waals surface area contributed by atoms with Gasteiger partial charge in [0, 0.05) is 15.6 Å². The molecule has 0 aromatic heterocycles. The van der Waals surface area contributed by atoms with Gasteiger partial charge in [0.1, 0.15) is 0 Å². The number of halogens is 1. The summed E-state index contributed by atoms with van der Waals surface area (Å²) in [4.78, 5) is 28.0. The van der Waals surface area contributed by atoms with E-state index in [9.17, 15) is 9.59 Å². The van der Waals surface area contributed by atoms with Crippen molar-refractivity contribution in [2.24, 2.45) is 4.99 Å². The molecule has 2 aromatic carbocycles. The predicted octanol–water partition coefficient (Wildman–Crippen LogP) is 3.96. The number of hydrogen-bond acceptors (Lipinski definition) is 6. The van der Waals surface area contributed by atoms with Crippen molar-refractivity contribution in [1.29, 1.82) is 0 Å². The Morgan fingerprint density at radius 1 is 1.22 bits per heavy atom. The van der Waals surface area contributed by atoms with Crippen molar-refractivity contribution in [3.63, 3.8) is 0 Å². The van der Waals surface area contributed by atoms with Crippen LogP contribution in [0.1, 0.15) is 24.5 Å². The Bertz CT molecular complexity index is 965. The summed E-state index contributed by atoms with van der Waals surface area (Å²) >= 11 is 2.18. The number of nitrogens with zero attached hydrogens (tertiary/aromatic N) is 1. The number of methoxy groups -OCH3 is 1. The zero-order chi connectivity index (χ0) is 19.4. The van der Waals surface area contributed by atoms with Gasteiger partial charge in [0.15, 0.2) is 17.2 Å². The van der Waals surface area contributed by atoms with Crippen LogP contribution in [0.3, 0.4) is 0 Å². The third-order valence-electron chi connectivity index (χ3n) is 3.70. The number of benzene rings is 2. The molecule has 6 nitrogen and oxygen atoms in total. The number of hydrogen-bond donors (Lipinski definition) is 0. The number of esters is 2. The molecule has 1 aliphatic heterocycles. The largest absolute Gasteiger partial charge is 0.493 e. The van der Waals surface area contributed by atoms with Crippen LogP contribution in [0.2, 0.25) is 0 Å². The highest BCUT2D eigenvalue weighted by Gasteiger charge is 2.24. The minimum atomic E-state index is -0.535. The topological polar surface area (TPSA) is 74.2 Å². The lowest BCUT2D eigenvalue weighted by Crippen LogP contribution is -2.07. The smallest absolute Gasteiger partial charge is 0.363 e. The lowest BCUT2D eigenvalue weighted by Gasteiger charge is -2.09. The summed E-state index contributed by atoms with van der Waals surface area (Å²) in [6.07, 6.45) is 1.82. The molecule has 0 unspecified atom stereocenters. The number of carbonyl (C=O) groups is 2. The molecule has 1 heterocycles. The second-order valence-electron chi connectivity index (χ2n) is 5.58. The highest BCUT2D eigenvalue weighted by atomic mass is 127. The zero-order valence-electron chi connectivity index (χ0n) is 14.7. The Morgan fingerprint density at radius 3 is 2.74 bits per heavy atom. The summed E-state index contributed by atoms with van der Waals surface area (Å²) in [6, 6.07) is 12.5. The maximum absolute atomic E-state index is 12.2. The molecule has 0 atom stereocenters. The summed E-state index contributed by atoms with van der Waals surface area (Å²) in [6.45, 7) is 1.70. The standard InChI is InChI=1S/C20H16INO5/c1-3-18(23)26-17-10-12(7-8-16(17)25-2)9-15-20(24)27-19(22-15)13-5-4-6-14(21)11-13/h4-11H,3H2,1-2H3/b15-9-. The normalized spacial score (nSPS) is 14.7. The van der Waals surface area contributed by atoms with Gasteiger partial charge in [-0.1, -0.05) is 19.1 Å². The van der Waals surface area contributed by atoms with Gasteiger partial charge in [0.25, 0.3) is 0 Å². The molecule has 138 valence electrons. The molecular formula is C20H16INO5. The third-order valence-corrected chi connectivity index (χ3v) is 4.37. The zero-order valence-corrected chi connectivity index (χ0v) is 16.8. The summed E-state index contributed by atoms with van der Waals surface area (Å²) in [5.74, 6) is 0.0583. The molecule has 1 aliphatic rings. The summed E-state index contributed by atoms with van der Waals surface area (Å²) in [5, 5.41) is 0. The summed E-state index contributed by atoms with van der Waals surface area (Å²) in [7, 11) is 1.49. The number of aliphatic imine (C=N–C) groups is 1. The van der Waals surface area contributed by atoms with Crippen molar-refractivity contribution < 1.29 is 23.8 Å². The van der Waals surface area contributed by atoms with E-state index in [1.807, 2.05) is 24.3 Å². The number of rotatable bonds is 5. The van der Waals surface area contributed by atoms with Crippen LogP contribution in [-0.4, -0.2) is 24.9 Å². The molecule has 27 heavy (non-hydrogen) atoms. The molecule has 0 spiro atoms. The van der Waals surface area contributed by atoms with Crippen LogP contribution in [-0.2, 0) is 14.3 Å². The molecule has 0 saturated carbocycles. The Hall–Kier alpha value is -2.68. The lowest BCUT2D eigenvalue weighted by molar-refractivity contribution is -0.134. The van der Waals surface area contributed by atoms with E-state index < -0.39 is 5.97 Å². The molecule has 0 radical (unpaired) electrons. The molecule has 3 rings (SSSR count). The van der Waals surface area contributed by atoms with Crippen LogP contribution in [0.15, 0.2) is 53.2 Å². The first-order chi connectivity index (χ1) is 13.0. The fourth-order valence-electron chi connectivity index (χ4n) is 2.37. The highest BCUT2D eigenvalue weighted by molar-refractivity contribution is 14.1. The van der Waals surface area contributed by atoms with E-state index in [-0.39, 0.29) is 29.7 Å². The molecule has 7 heteroatoms. The monoisotopic (exact) mass is 477 g/mol. The van der Waals surface area contributed by atoms with Gasteiger partial charge in [-0.25, -0.2) is 9.79 Å². The van der Waals surface area contributed by atoms with E-state index in [0.29, 0.717) is 11.3 Å². The summed E-state index contributed by atoms with van der Waals surface area (Å²) in [5.41, 5.74) is 1.53. The molecule has 0 aliphatic carbocycles. The third kappa shape index (κ3) is 4.54. The predicted molar refractivity (Wildman–Crippen MR) is 109 cm³/mol. The van der Waals surface area contributed by atoms with Crippen molar-refractivity contribution in [2.45, 2.75) is 13.3 Å². The van der Waals surface area contributed by atoms with Gasteiger partial charge < -0.3 is 14.2 Å². The van der Waals surface area contributed by atoms with Gasteiger partial charge in [0.05, 0.1) is 7.11 Å². The minimum Gasteiger partial charge on any atom is -0.493 e. The number of ether oxygens (including phenoxy) is 3. The second kappa shape index (κ2) is 8.34. The first-order valence-corrected chi connectivity index (χ1v) is 9.25. The van der Waals surface area contributed by atoms with E-state index in [1.54, 1.807) is 31.2 Å². The van der Waals surface area contributed by atoms with Gasteiger partial charge in [-0.15, -0.1) is 0 Å². The first-order valence-electron chi connectivity index (χ1n) is 8.17. The van der Waals surface area contributed by atoms with Crippen LogP contribution in [0.25, 0.3) is 6.08 Å². The molecule has 0 N–H and O–H groups in total. The van der Waals surface area contributed by atoms with Gasteiger partial charge in [0.2, 0.25) is 5.90 Å². The molecule has 0 amide bonds. The molecule has 0 saturated heterocycles. The maximum Gasteiger partial charge on any atom is 0.363 e.